The van der Waals surface area contributed by atoms with E-state index in [1.54, 1.807) is 0 Å². The Labute approximate surface area is 228 Å². The molecule has 210 valence electrons. The number of nitrogens with zero attached hydrogens (tertiary/aromatic N) is 2. The van der Waals surface area contributed by atoms with Crippen molar-refractivity contribution in [2.45, 2.75) is 97.6 Å². The van der Waals surface area contributed by atoms with Crippen LogP contribution in [0, 0.1) is 40.4 Å². The quantitative estimate of drug-likeness (QED) is 0.298. The van der Waals surface area contributed by atoms with Crippen molar-refractivity contribution in [2.24, 2.45) is 45.6 Å². The van der Waals surface area contributed by atoms with Gasteiger partial charge in [0.15, 0.2) is 5.78 Å². The number of allylic oxidation sites excluding steroid dienone is 1. The zero-order chi connectivity index (χ0) is 26.7. The molecule has 0 radical (unpaired) electrons. The summed E-state index contributed by atoms with van der Waals surface area (Å²) in [5.41, 5.74) is 2.82. The van der Waals surface area contributed by atoms with Gasteiger partial charge >= 0.3 is 6.09 Å². The lowest BCUT2D eigenvalue weighted by Crippen LogP contribution is -2.55. The van der Waals surface area contributed by atoms with Crippen LogP contribution >= 0.6 is 0 Å². The van der Waals surface area contributed by atoms with Gasteiger partial charge in [0, 0.05) is 24.9 Å². The molecule has 7 heteroatoms. The van der Waals surface area contributed by atoms with E-state index in [0.717, 1.165) is 43.9 Å². The second-order valence-electron chi connectivity index (χ2n) is 14.0. The maximum atomic E-state index is 13.2. The Hall–Kier alpha value is -1.73. The van der Waals surface area contributed by atoms with Gasteiger partial charge < -0.3 is 10.1 Å². The van der Waals surface area contributed by atoms with E-state index in [-0.39, 0.29) is 23.0 Å². The van der Waals surface area contributed by atoms with Crippen molar-refractivity contribution >= 4 is 17.6 Å². The largest absolute Gasteiger partial charge is 0.436 e. The Bertz CT molecular complexity index is 1020. The summed E-state index contributed by atoms with van der Waals surface area (Å²) in [6.45, 7) is 12.1. The van der Waals surface area contributed by atoms with E-state index < -0.39 is 0 Å². The summed E-state index contributed by atoms with van der Waals surface area (Å²) < 4.78 is 5.39. The van der Waals surface area contributed by atoms with Crippen LogP contribution in [0.15, 0.2) is 16.8 Å². The molecule has 8 atom stereocenters. The Kier molecular flexibility index (Phi) is 6.99. The van der Waals surface area contributed by atoms with Gasteiger partial charge in [-0.05, 0) is 105 Å². The van der Waals surface area contributed by atoms with E-state index in [1.807, 2.05) is 11.0 Å². The molecule has 6 aliphatic rings. The third-order valence-corrected chi connectivity index (χ3v) is 11.9. The summed E-state index contributed by atoms with van der Waals surface area (Å²) in [6.07, 6.45) is 11.6. The molecule has 0 aromatic heterocycles. The zero-order valence-electron chi connectivity index (χ0n) is 23.8. The highest BCUT2D eigenvalue weighted by atomic mass is 16.7. The average molecular weight is 526 g/mol. The summed E-state index contributed by atoms with van der Waals surface area (Å²) in [7, 11) is 0. The summed E-state index contributed by atoms with van der Waals surface area (Å²) in [4.78, 5) is 32.8. The number of amides is 1. The molecule has 2 aliphatic heterocycles. The molecule has 1 N–H and O–H groups in total. The van der Waals surface area contributed by atoms with Crippen molar-refractivity contribution in [1.82, 2.24) is 10.2 Å². The van der Waals surface area contributed by atoms with E-state index in [0.29, 0.717) is 61.7 Å². The molecule has 38 heavy (non-hydrogen) atoms. The third-order valence-electron chi connectivity index (χ3n) is 11.9. The van der Waals surface area contributed by atoms with E-state index >= 15 is 0 Å². The molecule has 2 heterocycles. The number of carbonyl (C=O) groups is 2. The van der Waals surface area contributed by atoms with E-state index in [1.165, 1.54) is 31.3 Å². The fraction of sp³-hybridized carbons (Fsp3) is 0.839. The highest BCUT2D eigenvalue weighted by molar-refractivity contribution is 5.91. The first-order valence-electron chi connectivity index (χ1n) is 15.3. The van der Waals surface area contributed by atoms with Crippen LogP contribution in [0.4, 0.5) is 4.79 Å². The number of hydrogen-bond donors (Lipinski definition) is 1. The van der Waals surface area contributed by atoms with Crippen LogP contribution in [0.2, 0.25) is 0 Å². The van der Waals surface area contributed by atoms with Gasteiger partial charge in [-0.3, -0.25) is 14.5 Å². The first-order chi connectivity index (χ1) is 18.2. The van der Waals surface area contributed by atoms with Crippen molar-refractivity contribution in [1.29, 1.82) is 0 Å². The number of nitrogens with one attached hydrogen (secondary N) is 1. The topological polar surface area (TPSA) is 80.2 Å². The van der Waals surface area contributed by atoms with E-state index in [2.05, 4.69) is 38.2 Å². The van der Waals surface area contributed by atoms with Gasteiger partial charge in [-0.15, -0.1) is 0 Å². The SMILES string of the molecule is C/C(=N\OC(=O)N(CC1CC(C)CN1)C1COC1)[C@H]1CC[C@H]2[C@@H]3CCC4=CC(=O)CC[C@]4(C)[C@H]3CC[C@]12C. The van der Waals surface area contributed by atoms with E-state index in [9.17, 15) is 9.59 Å². The maximum absolute atomic E-state index is 13.2. The second kappa shape index (κ2) is 10.0. The summed E-state index contributed by atoms with van der Waals surface area (Å²) in [5.74, 6) is 3.42. The minimum atomic E-state index is -0.339. The number of rotatable bonds is 5. The maximum Gasteiger partial charge on any atom is 0.436 e. The average Bonchev–Trinajstić information content (AvgIpc) is 3.43. The molecule has 5 fully saturated rings. The van der Waals surface area contributed by atoms with Crippen LogP contribution in [0.25, 0.3) is 0 Å². The smallest absolute Gasteiger partial charge is 0.377 e. The predicted molar refractivity (Wildman–Crippen MR) is 147 cm³/mol. The van der Waals surface area contributed by atoms with Gasteiger partial charge in [-0.25, -0.2) is 4.79 Å². The lowest BCUT2D eigenvalue weighted by atomic mass is 9.46. The fourth-order valence-corrected chi connectivity index (χ4v) is 9.65. The molecule has 1 amide bonds. The van der Waals surface area contributed by atoms with Crippen LogP contribution in [0.3, 0.4) is 0 Å². The summed E-state index contributed by atoms with van der Waals surface area (Å²) in [6, 6.07) is 0.393. The monoisotopic (exact) mass is 525 g/mol. The van der Waals surface area contributed by atoms with Crippen LogP contribution in [0.5, 0.6) is 0 Å². The van der Waals surface area contributed by atoms with Crippen LogP contribution < -0.4 is 5.32 Å². The minimum Gasteiger partial charge on any atom is -0.377 e. The van der Waals surface area contributed by atoms with Crippen molar-refractivity contribution < 1.29 is 19.2 Å². The van der Waals surface area contributed by atoms with Gasteiger partial charge in [0.25, 0.3) is 0 Å². The second-order valence-corrected chi connectivity index (χ2v) is 14.0. The molecular formula is C31H47N3O4. The molecule has 4 aliphatic carbocycles. The van der Waals surface area contributed by atoms with Gasteiger partial charge in [0.05, 0.1) is 25.0 Å². The lowest BCUT2D eigenvalue weighted by molar-refractivity contribution is -0.117. The number of carbonyl (C=O) groups excluding carboxylic acids is 2. The Balaban J connectivity index is 1.13. The number of fused-ring (bicyclic) bond motifs is 5. The molecule has 2 unspecified atom stereocenters. The van der Waals surface area contributed by atoms with Crippen molar-refractivity contribution in [3.05, 3.63) is 11.6 Å². The highest BCUT2D eigenvalue weighted by Gasteiger charge is 2.59. The van der Waals surface area contributed by atoms with Gasteiger partial charge in [0.2, 0.25) is 0 Å². The van der Waals surface area contributed by atoms with Gasteiger partial charge in [-0.1, -0.05) is 31.5 Å². The zero-order valence-corrected chi connectivity index (χ0v) is 23.8. The fourth-order valence-electron chi connectivity index (χ4n) is 9.65. The molecule has 0 bridgehead atoms. The molecule has 0 aromatic rings. The summed E-state index contributed by atoms with van der Waals surface area (Å²) in [5, 5.41) is 8.04. The first kappa shape index (κ1) is 26.5. The Morgan fingerprint density at radius 3 is 2.68 bits per heavy atom. The molecule has 3 saturated carbocycles. The Morgan fingerprint density at radius 2 is 1.97 bits per heavy atom. The molecule has 6 rings (SSSR count). The summed E-state index contributed by atoms with van der Waals surface area (Å²) >= 11 is 0. The van der Waals surface area contributed by atoms with E-state index in [4.69, 9.17) is 9.57 Å². The first-order valence-corrected chi connectivity index (χ1v) is 15.3. The van der Waals surface area contributed by atoms with Gasteiger partial charge in [-0.2, -0.15) is 0 Å². The van der Waals surface area contributed by atoms with Gasteiger partial charge in [0.1, 0.15) is 0 Å². The Morgan fingerprint density at radius 1 is 1.16 bits per heavy atom. The van der Waals surface area contributed by atoms with Crippen molar-refractivity contribution in [3.63, 3.8) is 0 Å². The van der Waals surface area contributed by atoms with Crippen molar-refractivity contribution in [3.8, 4) is 0 Å². The molecule has 2 saturated heterocycles. The molecule has 0 aromatic carbocycles. The van der Waals surface area contributed by atoms with Crippen LogP contribution in [-0.4, -0.2) is 60.9 Å². The van der Waals surface area contributed by atoms with Crippen molar-refractivity contribution in [2.75, 3.05) is 26.3 Å². The van der Waals surface area contributed by atoms with Crippen LogP contribution in [0.1, 0.15) is 85.5 Å². The number of hydrogen-bond acceptors (Lipinski definition) is 6. The predicted octanol–water partition coefficient (Wildman–Crippen LogP) is 5.35. The molecular weight excluding hydrogens is 478 g/mol. The minimum absolute atomic E-state index is 0.0843. The third kappa shape index (κ3) is 4.46. The number of ketones is 1. The van der Waals surface area contributed by atoms with Crippen LogP contribution in [-0.2, 0) is 14.4 Å². The number of ether oxygens (including phenoxy) is 1. The molecule has 7 nitrogen and oxygen atoms in total. The molecule has 0 spiro atoms. The normalized spacial score (nSPS) is 43.0. The lowest BCUT2D eigenvalue weighted by Gasteiger charge is -2.58. The highest BCUT2D eigenvalue weighted by Crippen LogP contribution is 2.66. The number of oxime groups is 1. The standard InChI is InChI=1S/C31H47N3O4/c1-19-13-22(32-15-19)16-34(23-17-37-18-23)29(36)38-33-20(2)26-7-8-27-25-6-5-21-14-24(35)9-11-30(21,3)28(25)10-12-31(26,27)4/h14,19,22-23,25-28,32H,5-13,15-18H2,1-4H3/b33-20+/t19?,22?,25-,26+,27-,28-,30-,31+/m0/s1.